The first-order valence-electron chi connectivity index (χ1n) is 8.19. The number of unbranched alkanes of at least 4 members (excludes halogenated alkanes) is 4. The Balaban J connectivity index is 2.14. The van der Waals surface area contributed by atoms with Gasteiger partial charge in [-0.2, -0.15) is 0 Å². The number of aliphatic hydroxyl groups is 1. The van der Waals surface area contributed by atoms with Gasteiger partial charge >= 0.3 is 0 Å². The molecule has 0 aliphatic heterocycles. The van der Waals surface area contributed by atoms with Crippen LogP contribution in [0.15, 0.2) is 0 Å². The van der Waals surface area contributed by atoms with Gasteiger partial charge in [0, 0.05) is 12.6 Å². The van der Waals surface area contributed by atoms with Crippen molar-refractivity contribution in [2.75, 3.05) is 6.54 Å². The van der Waals surface area contributed by atoms with Crippen molar-refractivity contribution in [1.29, 1.82) is 0 Å². The lowest BCUT2D eigenvalue weighted by atomic mass is 10.0. The summed E-state index contributed by atoms with van der Waals surface area (Å²) in [6, 6.07) is 0.636. The molecule has 108 valence electrons. The van der Waals surface area contributed by atoms with Crippen LogP contribution in [0.1, 0.15) is 78.1 Å². The molecular weight excluding hydrogens is 222 g/mol. The second kappa shape index (κ2) is 9.80. The minimum atomic E-state index is -0.0927. The van der Waals surface area contributed by atoms with Crippen molar-refractivity contribution in [3.8, 4) is 0 Å². The molecule has 2 heteroatoms. The average molecular weight is 255 g/mol. The molecule has 1 fully saturated rings. The summed E-state index contributed by atoms with van der Waals surface area (Å²) >= 11 is 0. The number of nitrogens with one attached hydrogen (secondary N) is 1. The lowest BCUT2D eigenvalue weighted by molar-refractivity contribution is 0.143. The Morgan fingerprint density at radius 1 is 1.00 bits per heavy atom. The van der Waals surface area contributed by atoms with E-state index in [-0.39, 0.29) is 6.10 Å². The van der Waals surface area contributed by atoms with Crippen LogP contribution in [0.2, 0.25) is 0 Å². The second-order valence-corrected chi connectivity index (χ2v) is 6.00. The molecule has 18 heavy (non-hydrogen) atoms. The smallest absolute Gasteiger partial charge is 0.0692 e. The van der Waals surface area contributed by atoms with Crippen molar-refractivity contribution in [1.82, 2.24) is 5.32 Å². The zero-order valence-corrected chi connectivity index (χ0v) is 12.5. The normalized spacial score (nSPS) is 17.3. The van der Waals surface area contributed by atoms with Gasteiger partial charge in [0.1, 0.15) is 0 Å². The third-order valence-electron chi connectivity index (χ3n) is 4.09. The van der Waals surface area contributed by atoms with E-state index in [0.717, 1.165) is 6.54 Å². The molecule has 2 nitrogen and oxygen atoms in total. The summed E-state index contributed by atoms with van der Waals surface area (Å²) in [4.78, 5) is 0. The van der Waals surface area contributed by atoms with Gasteiger partial charge in [0.05, 0.1) is 6.10 Å². The maximum Gasteiger partial charge on any atom is 0.0692 e. The van der Waals surface area contributed by atoms with E-state index >= 15 is 0 Å². The Hall–Kier alpha value is -0.0800. The molecule has 1 atom stereocenters. The van der Waals surface area contributed by atoms with E-state index in [1.54, 1.807) is 0 Å². The predicted octanol–water partition coefficient (Wildman–Crippen LogP) is 3.88. The lowest BCUT2D eigenvalue weighted by Gasteiger charge is -2.21. The maximum absolute atomic E-state index is 9.92. The van der Waals surface area contributed by atoms with E-state index in [0.29, 0.717) is 12.0 Å². The molecule has 1 saturated carbocycles. The molecule has 1 rings (SSSR count). The van der Waals surface area contributed by atoms with Crippen LogP contribution in [0.4, 0.5) is 0 Å². The first kappa shape index (κ1) is 16.0. The van der Waals surface area contributed by atoms with Gasteiger partial charge in [-0.1, -0.05) is 52.4 Å². The van der Waals surface area contributed by atoms with E-state index in [4.69, 9.17) is 0 Å². The fourth-order valence-electron chi connectivity index (χ4n) is 2.57. The van der Waals surface area contributed by atoms with Gasteiger partial charge in [-0.25, -0.2) is 0 Å². The van der Waals surface area contributed by atoms with Crippen molar-refractivity contribution in [2.24, 2.45) is 5.92 Å². The maximum atomic E-state index is 9.92. The predicted molar refractivity (Wildman–Crippen MR) is 78.8 cm³/mol. The summed E-state index contributed by atoms with van der Waals surface area (Å²) < 4.78 is 0. The highest BCUT2D eigenvalue weighted by atomic mass is 16.3. The van der Waals surface area contributed by atoms with Crippen LogP contribution in [0.25, 0.3) is 0 Å². The average Bonchev–Trinajstić information content (AvgIpc) is 3.19. The van der Waals surface area contributed by atoms with Crippen molar-refractivity contribution in [3.63, 3.8) is 0 Å². The van der Waals surface area contributed by atoms with Crippen molar-refractivity contribution in [3.05, 3.63) is 0 Å². The highest BCUT2D eigenvalue weighted by molar-refractivity contribution is 4.83. The molecule has 0 aromatic rings. The Kier molecular flexibility index (Phi) is 8.70. The standard InChI is InChI=1S/C16H33NO/c1-3-5-7-9-15(10-8-6-4-2)17-13-16(18)14-11-12-14/h14-18H,3-13H2,1-2H3. The molecular formula is C16H33NO. The molecule has 0 amide bonds. The van der Waals surface area contributed by atoms with Gasteiger partial charge in [0.25, 0.3) is 0 Å². The highest BCUT2D eigenvalue weighted by Gasteiger charge is 2.29. The molecule has 1 aliphatic carbocycles. The van der Waals surface area contributed by atoms with E-state index in [1.165, 1.54) is 64.2 Å². The molecule has 0 radical (unpaired) electrons. The van der Waals surface area contributed by atoms with Crippen LogP contribution >= 0.6 is 0 Å². The summed E-state index contributed by atoms with van der Waals surface area (Å²) in [5.41, 5.74) is 0. The van der Waals surface area contributed by atoms with Crippen LogP contribution in [0.5, 0.6) is 0 Å². The number of hydrogen-bond acceptors (Lipinski definition) is 2. The minimum Gasteiger partial charge on any atom is -0.392 e. The summed E-state index contributed by atoms with van der Waals surface area (Å²) in [6.45, 7) is 5.33. The monoisotopic (exact) mass is 255 g/mol. The third kappa shape index (κ3) is 7.38. The Bertz CT molecular complexity index is 182. The molecule has 1 aliphatic rings. The van der Waals surface area contributed by atoms with E-state index < -0.39 is 0 Å². The van der Waals surface area contributed by atoms with Crippen LogP contribution in [-0.2, 0) is 0 Å². The third-order valence-corrected chi connectivity index (χ3v) is 4.09. The van der Waals surface area contributed by atoms with Gasteiger partial charge in [0.2, 0.25) is 0 Å². The topological polar surface area (TPSA) is 32.3 Å². The second-order valence-electron chi connectivity index (χ2n) is 6.00. The van der Waals surface area contributed by atoms with Crippen LogP contribution < -0.4 is 5.32 Å². The molecule has 0 saturated heterocycles. The Morgan fingerprint density at radius 2 is 1.56 bits per heavy atom. The van der Waals surface area contributed by atoms with Gasteiger partial charge in [-0.15, -0.1) is 0 Å². The molecule has 2 N–H and O–H groups in total. The number of hydrogen-bond donors (Lipinski definition) is 2. The quantitative estimate of drug-likeness (QED) is 0.519. The molecule has 1 unspecified atom stereocenters. The van der Waals surface area contributed by atoms with Crippen LogP contribution in [0.3, 0.4) is 0 Å². The van der Waals surface area contributed by atoms with Gasteiger partial charge in [-0.05, 0) is 31.6 Å². The molecule has 0 aromatic carbocycles. The highest BCUT2D eigenvalue weighted by Crippen LogP contribution is 2.32. The first-order valence-corrected chi connectivity index (χ1v) is 8.19. The Labute approximate surface area is 114 Å². The van der Waals surface area contributed by atoms with E-state index in [1.807, 2.05) is 0 Å². The molecule has 0 spiro atoms. The van der Waals surface area contributed by atoms with Crippen molar-refractivity contribution < 1.29 is 5.11 Å². The number of rotatable bonds is 12. The lowest BCUT2D eigenvalue weighted by Crippen LogP contribution is -2.36. The zero-order valence-electron chi connectivity index (χ0n) is 12.5. The van der Waals surface area contributed by atoms with Crippen LogP contribution in [-0.4, -0.2) is 23.8 Å². The van der Waals surface area contributed by atoms with E-state index in [2.05, 4.69) is 19.2 Å². The zero-order chi connectivity index (χ0) is 13.2. The molecule has 0 bridgehead atoms. The fraction of sp³-hybridized carbons (Fsp3) is 1.00. The van der Waals surface area contributed by atoms with Crippen LogP contribution in [0, 0.1) is 5.92 Å². The van der Waals surface area contributed by atoms with Crippen molar-refractivity contribution >= 4 is 0 Å². The summed E-state index contributed by atoms with van der Waals surface area (Å²) in [7, 11) is 0. The van der Waals surface area contributed by atoms with Gasteiger partial charge < -0.3 is 10.4 Å². The van der Waals surface area contributed by atoms with Crippen molar-refractivity contribution in [2.45, 2.75) is 90.2 Å². The molecule has 0 aromatic heterocycles. The summed E-state index contributed by atoms with van der Waals surface area (Å²) in [5, 5.41) is 13.5. The summed E-state index contributed by atoms with van der Waals surface area (Å²) in [5.74, 6) is 0.601. The van der Waals surface area contributed by atoms with E-state index in [9.17, 15) is 5.11 Å². The van der Waals surface area contributed by atoms with Gasteiger partial charge in [0.15, 0.2) is 0 Å². The number of aliphatic hydroxyl groups excluding tert-OH is 1. The fourth-order valence-corrected chi connectivity index (χ4v) is 2.57. The Morgan fingerprint density at radius 3 is 2.00 bits per heavy atom. The summed E-state index contributed by atoms with van der Waals surface area (Å²) in [6.07, 6.45) is 12.9. The first-order chi connectivity index (χ1) is 8.77. The SMILES string of the molecule is CCCCCC(CCCCC)NCC(O)C1CC1. The molecule has 0 heterocycles. The largest absolute Gasteiger partial charge is 0.392 e. The van der Waals surface area contributed by atoms with Gasteiger partial charge in [-0.3, -0.25) is 0 Å². The minimum absolute atomic E-state index is 0.0927.